The number of benzene rings is 1. The number of hydrogen-bond acceptors (Lipinski definition) is 4. The summed E-state index contributed by atoms with van der Waals surface area (Å²) in [5, 5.41) is 13.8. The predicted octanol–water partition coefficient (Wildman–Crippen LogP) is 2.52. The van der Waals surface area contributed by atoms with Crippen LogP contribution in [-0.4, -0.2) is 41.4 Å². The van der Waals surface area contributed by atoms with E-state index in [4.69, 9.17) is 4.74 Å². The summed E-state index contributed by atoms with van der Waals surface area (Å²) in [6.07, 6.45) is 3.12. The summed E-state index contributed by atoms with van der Waals surface area (Å²) < 4.78 is 18.9. The molecule has 6 heteroatoms. The first-order chi connectivity index (χ1) is 12.0. The summed E-state index contributed by atoms with van der Waals surface area (Å²) in [6.45, 7) is 1.14. The number of pyridine rings is 1. The van der Waals surface area contributed by atoms with E-state index in [1.165, 1.54) is 12.1 Å². The fourth-order valence-electron chi connectivity index (χ4n) is 3.26. The van der Waals surface area contributed by atoms with Gasteiger partial charge in [-0.3, -0.25) is 9.78 Å². The lowest BCUT2D eigenvalue weighted by molar-refractivity contribution is -0.0605. The normalized spacial score (nSPS) is 19.8. The molecule has 1 aromatic heterocycles. The number of aliphatic hydroxyl groups is 1. The highest BCUT2D eigenvalue weighted by Crippen LogP contribution is 2.40. The van der Waals surface area contributed by atoms with Crippen molar-refractivity contribution in [1.29, 1.82) is 0 Å². The molecule has 1 aliphatic heterocycles. The maximum absolute atomic E-state index is 13.7. The zero-order chi connectivity index (χ0) is 17.4. The van der Waals surface area contributed by atoms with Crippen molar-refractivity contribution in [3.8, 4) is 0 Å². The Morgan fingerprint density at radius 1 is 1.32 bits per heavy atom. The van der Waals surface area contributed by atoms with Gasteiger partial charge in [0.1, 0.15) is 5.82 Å². The van der Waals surface area contributed by atoms with Gasteiger partial charge in [0.05, 0.1) is 16.7 Å². The second-order valence-corrected chi connectivity index (χ2v) is 7.05. The van der Waals surface area contributed by atoms with Gasteiger partial charge < -0.3 is 15.2 Å². The molecule has 0 bridgehead atoms. The smallest absolute Gasteiger partial charge is 0.252 e. The number of amides is 1. The molecule has 2 heterocycles. The van der Waals surface area contributed by atoms with E-state index in [9.17, 15) is 14.3 Å². The van der Waals surface area contributed by atoms with Crippen LogP contribution in [0.4, 0.5) is 4.39 Å². The fourth-order valence-corrected chi connectivity index (χ4v) is 3.26. The summed E-state index contributed by atoms with van der Waals surface area (Å²) in [5.74, 6) is -0.314. The standard InChI is InChI=1S/C19H21FN2O3/c20-13-3-4-16-14(9-13)15(10-17(22-16)12-1-2-12)18(23)21-11-19(24)5-7-25-8-6-19/h3-4,9-10,12,24H,1-2,5-8,11H2,(H,21,23). The van der Waals surface area contributed by atoms with E-state index in [1.807, 2.05) is 0 Å². The lowest BCUT2D eigenvalue weighted by Gasteiger charge is -2.32. The molecule has 2 fully saturated rings. The van der Waals surface area contributed by atoms with Gasteiger partial charge in [-0.05, 0) is 37.1 Å². The number of hydrogen-bond donors (Lipinski definition) is 2. The molecule has 0 atom stereocenters. The molecule has 2 aromatic rings. The number of nitrogens with one attached hydrogen (secondary N) is 1. The van der Waals surface area contributed by atoms with Crippen LogP contribution in [-0.2, 0) is 4.74 Å². The molecule has 2 aliphatic rings. The van der Waals surface area contributed by atoms with Crippen LogP contribution in [0.25, 0.3) is 10.9 Å². The first kappa shape index (κ1) is 16.4. The van der Waals surface area contributed by atoms with Crippen molar-refractivity contribution in [2.45, 2.75) is 37.2 Å². The number of carbonyl (C=O) groups is 1. The average molecular weight is 344 g/mol. The molecule has 5 nitrogen and oxygen atoms in total. The zero-order valence-electron chi connectivity index (χ0n) is 13.9. The van der Waals surface area contributed by atoms with Gasteiger partial charge in [0.25, 0.3) is 5.91 Å². The lowest BCUT2D eigenvalue weighted by Crippen LogP contribution is -2.46. The molecule has 1 aromatic carbocycles. The molecular weight excluding hydrogens is 323 g/mol. The van der Waals surface area contributed by atoms with Crippen LogP contribution in [0.2, 0.25) is 0 Å². The Bertz CT molecular complexity index is 814. The van der Waals surface area contributed by atoms with Gasteiger partial charge in [-0.25, -0.2) is 4.39 Å². The maximum Gasteiger partial charge on any atom is 0.252 e. The highest BCUT2D eigenvalue weighted by Gasteiger charge is 2.31. The predicted molar refractivity (Wildman–Crippen MR) is 91.0 cm³/mol. The van der Waals surface area contributed by atoms with E-state index in [-0.39, 0.29) is 12.5 Å². The van der Waals surface area contributed by atoms with Gasteiger partial charge in [-0.1, -0.05) is 0 Å². The maximum atomic E-state index is 13.7. The Labute approximate surface area is 145 Å². The molecule has 132 valence electrons. The number of halogens is 1. The topological polar surface area (TPSA) is 71.5 Å². The molecule has 0 spiro atoms. The van der Waals surface area contributed by atoms with E-state index in [1.54, 1.807) is 12.1 Å². The Hall–Kier alpha value is -2.05. The second-order valence-electron chi connectivity index (χ2n) is 7.05. The summed E-state index contributed by atoms with van der Waals surface area (Å²) in [6, 6.07) is 6.08. The van der Waals surface area contributed by atoms with Gasteiger partial charge >= 0.3 is 0 Å². The van der Waals surface area contributed by atoms with Gasteiger partial charge in [0.15, 0.2) is 0 Å². The monoisotopic (exact) mass is 344 g/mol. The van der Waals surface area contributed by atoms with E-state index >= 15 is 0 Å². The largest absolute Gasteiger partial charge is 0.388 e. The first-order valence-electron chi connectivity index (χ1n) is 8.73. The third-order valence-electron chi connectivity index (χ3n) is 5.03. The number of rotatable bonds is 4. The van der Waals surface area contributed by atoms with Crippen LogP contribution >= 0.6 is 0 Å². The lowest BCUT2D eigenvalue weighted by atomic mass is 9.94. The fraction of sp³-hybridized carbons (Fsp3) is 0.474. The molecule has 25 heavy (non-hydrogen) atoms. The van der Waals surface area contributed by atoms with Crippen LogP contribution < -0.4 is 5.32 Å². The Morgan fingerprint density at radius 3 is 2.80 bits per heavy atom. The molecule has 1 aliphatic carbocycles. The van der Waals surface area contributed by atoms with Crippen molar-refractivity contribution < 1.29 is 19.0 Å². The minimum Gasteiger partial charge on any atom is -0.388 e. The van der Waals surface area contributed by atoms with Crippen molar-refractivity contribution in [1.82, 2.24) is 10.3 Å². The third-order valence-corrected chi connectivity index (χ3v) is 5.03. The van der Waals surface area contributed by atoms with Gasteiger partial charge in [0, 0.05) is 49.6 Å². The van der Waals surface area contributed by atoms with Crippen LogP contribution in [0.3, 0.4) is 0 Å². The molecular formula is C19H21FN2O3. The molecule has 0 radical (unpaired) electrons. The number of fused-ring (bicyclic) bond motifs is 1. The highest BCUT2D eigenvalue weighted by molar-refractivity contribution is 6.06. The average Bonchev–Trinajstić information content (AvgIpc) is 3.45. The van der Waals surface area contributed by atoms with Gasteiger partial charge in [0.2, 0.25) is 0 Å². The number of carbonyl (C=O) groups excluding carboxylic acids is 1. The van der Waals surface area contributed by atoms with E-state index in [0.717, 1.165) is 18.5 Å². The van der Waals surface area contributed by atoms with Crippen LogP contribution in [0, 0.1) is 5.82 Å². The van der Waals surface area contributed by atoms with Crippen molar-refractivity contribution >= 4 is 16.8 Å². The molecule has 1 saturated heterocycles. The molecule has 1 saturated carbocycles. The minimum absolute atomic E-state index is 0.160. The van der Waals surface area contributed by atoms with E-state index in [0.29, 0.717) is 48.4 Å². The van der Waals surface area contributed by atoms with Crippen LogP contribution in [0.15, 0.2) is 24.3 Å². The van der Waals surface area contributed by atoms with Crippen molar-refractivity contribution in [3.63, 3.8) is 0 Å². The van der Waals surface area contributed by atoms with Crippen LogP contribution in [0.1, 0.15) is 47.7 Å². The Balaban J connectivity index is 1.62. The summed E-state index contributed by atoms with van der Waals surface area (Å²) in [5.41, 5.74) is 0.984. The first-order valence-corrected chi connectivity index (χ1v) is 8.73. The van der Waals surface area contributed by atoms with Gasteiger partial charge in [-0.15, -0.1) is 0 Å². The van der Waals surface area contributed by atoms with Gasteiger partial charge in [-0.2, -0.15) is 0 Å². The SMILES string of the molecule is O=C(NCC1(O)CCOCC1)c1cc(C2CC2)nc2ccc(F)cc12. The number of aromatic nitrogens is 1. The van der Waals surface area contributed by atoms with Crippen molar-refractivity contribution in [3.05, 3.63) is 41.3 Å². The van der Waals surface area contributed by atoms with Crippen molar-refractivity contribution in [2.24, 2.45) is 0 Å². The van der Waals surface area contributed by atoms with Crippen molar-refractivity contribution in [2.75, 3.05) is 19.8 Å². The quantitative estimate of drug-likeness (QED) is 0.894. The summed E-state index contributed by atoms with van der Waals surface area (Å²) >= 11 is 0. The second kappa shape index (κ2) is 6.35. The summed E-state index contributed by atoms with van der Waals surface area (Å²) in [7, 11) is 0. The van der Waals surface area contributed by atoms with E-state index in [2.05, 4.69) is 10.3 Å². The highest BCUT2D eigenvalue weighted by atomic mass is 19.1. The Morgan fingerprint density at radius 2 is 2.08 bits per heavy atom. The Kier molecular flexibility index (Phi) is 4.17. The molecule has 2 N–H and O–H groups in total. The third kappa shape index (κ3) is 3.50. The number of ether oxygens (including phenoxy) is 1. The molecule has 1 amide bonds. The van der Waals surface area contributed by atoms with Crippen LogP contribution in [0.5, 0.6) is 0 Å². The molecule has 0 unspecified atom stereocenters. The number of nitrogens with zero attached hydrogens (tertiary/aromatic N) is 1. The van der Waals surface area contributed by atoms with E-state index < -0.39 is 11.4 Å². The summed E-state index contributed by atoms with van der Waals surface area (Å²) in [4.78, 5) is 17.3. The molecule has 4 rings (SSSR count). The minimum atomic E-state index is -0.943. The zero-order valence-corrected chi connectivity index (χ0v) is 13.9.